The van der Waals surface area contributed by atoms with Gasteiger partial charge in [0.1, 0.15) is 11.6 Å². The molecular weight excluding hydrogens is 250 g/mol. The SMILES string of the molecule is CCN(CC)CC(C)n1c(N)nc2c(C#N)cccc21. The molecule has 2 aromatic rings. The van der Waals surface area contributed by atoms with Gasteiger partial charge in [0.2, 0.25) is 5.95 Å². The Morgan fingerprint density at radius 1 is 1.40 bits per heavy atom. The van der Waals surface area contributed by atoms with Crippen LogP contribution in [0.2, 0.25) is 0 Å². The molecule has 5 heteroatoms. The first kappa shape index (κ1) is 14.4. The molecule has 0 fully saturated rings. The van der Waals surface area contributed by atoms with Crippen LogP contribution in [0.15, 0.2) is 18.2 Å². The standard InChI is InChI=1S/C15H21N5/c1-4-19(5-2)10-11(3)20-13-8-6-7-12(9-16)14(13)18-15(20)17/h6-8,11H,4-5,10H2,1-3H3,(H2,17,18). The van der Waals surface area contributed by atoms with E-state index >= 15 is 0 Å². The van der Waals surface area contributed by atoms with Crippen LogP contribution in [0.5, 0.6) is 0 Å². The van der Waals surface area contributed by atoms with E-state index in [4.69, 9.17) is 11.0 Å². The summed E-state index contributed by atoms with van der Waals surface area (Å²) in [5.41, 5.74) is 8.26. The van der Waals surface area contributed by atoms with Gasteiger partial charge < -0.3 is 15.2 Å². The molecule has 1 heterocycles. The summed E-state index contributed by atoms with van der Waals surface area (Å²) in [7, 11) is 0. The normalized spacial score (nSPS) is 12.8. The number of likely N-dealkylation sites (N-methyl/N-ethyl adjacent to an activating group) is 1. The average Bonchev–Trinajstić information content (AvgIpc) is 2.80. The van der Waals surface area contributed by atoms with Crippen molar-refractivity contribution in [3.63, 3.8) is 0 Å². The van der Waals surface area contributed by atoms with Crippen LogP contribution in [0.25, 0.3) is 11.0 Å². The minimum Gasteiger partial charge on any atom is -0.369 e. The molecule has 0 saturated carbocycles. The molecular formula is C15H21N5. The molecule has 20 heavy (non-hydrogen) atoms. The molecule has 106 valence electrons. The fraction of sp³-hybridized carbons (Fsp3) is 0.467. The first-order chi connectivity index (χ1) is 9.62. The van der Waals surface area contributed by atoms with Crippen molar-refractivity contribution in [2.45, 2.75) is 26.8 Å². The van der Waals surface area contributed by atoms with Crippen LogP contribution < -0.4 is 5.73 Å². The number of fused-ring (bicyclic) bond motifs is 1. The zero-order valence-corrected chi connectivity index (χ0v) is 12.3. The van der Waals surface area contributed by atoms with Crippen LogP contribution in [0.1, 0.15) is 32.4 Å². The smallest absolute Gasteiger partial charge is 0.201 e. The summed E-state index contributed by atoms with van der Waals surface area (Å²) < 4.78 is 2.02. The number of hydrogen-bond acceptors (Lipinski definition) is 4. The Morgan fingerprint density at radius 3 is 2.70 bits per heavy atom. The highest BCUT2D eigenvalue weighted by atomic mass is 15.2. The molecule has 0 amide bonds. The summed E-state index contributed by atoms with van der Waals surface area (Å²) in [4.78, 5) is 6.71. The second-order valence-corrected chi connectivity index (χ2v) is 4.96. The molecule has 2 rings (SSSR count). The fourth-order valence-corrected chi connectivity index (χ4v) is 2.63. The molecule has 0 aliphatic rings. The molecule has 0 radical (unpaired) electrons. The van der Waals surface area contributed by atoms with Gasteiger partial charge in [-0.2, -0.15) is 5.26 Å². The van der Waals surface area contributed by atoms with Gasteiger partial charge in [0, 0.05) is 12.6 Å². The second-order valence-electron chi connectivity index (χ2n) is 4.96. The Bertz CT molecular complexity index is 633. The van der Waals surface area contributed by atoms with E-state index < -0.39 is 0 Å². The lowest BCUT2D eigenvalue weighted by Gasteiger charge is -2.24. The monoisotopic (exact) mass is 271 g/mol. The maximum atomic E-state index is 9.15. The third-order valence-corrected chi connectivity index (χ3v) is 3.73. The second kappa shape index (κ2) is 5.93. The highest BCUT2D eigenvalue weighted by Gasteiger charge is 2.17. The van der Waals surface area contributed by atoms with Crippen molar-refractivity contribution in [3.8, 4) is 6.07 Å². The number of nitrogens with zero attached hydrogens (tertiary/aromatic N) is 4. The quantitative estimate of drug-likeness (QED) is 0.906. The van der Waals surface area contributed by atoms with Gasteiger partial charge in [-0.3, -0.25) is 0 Å². The first-order valence-electron chi connectivity index (χ1n) is 7.01. The number of benzene rings is 1. The van der Waals surface area contributed by atoms with Gasteiger partial charge in [0.25, 0.3) is 0 Å². The zero-order chi connectivity index (χ0) is 14.7. The highest BCUT2D eigenvalue weighted by molar-refractivity contribution is 5.84. The van der Waals surface area contributed by atoms with Crippen molar-refractivity contribution in [1.82, 2.24) is 14.5 Å². The number of rotatable bonds is 5. The highest BCUT2D eigenvalue weighted by Crippen LogP contribution is 2.25. The van der Waals surface area contributed by atoms with E-state index in [1.54, 1.807) is 6.07 Å². The van der Waals surface area contributed by atoms with Crippen molar-refractivity contribution < 1.29 is 0 Å². The molecule has 1 unspecified atom stereocenters. The number of imidazole rings is 1. The summed E-state index contributed by atoms with van der Waals surface area (Å²) in [5.74, 6) is 0.474. The maximum absolute atomic E-state index is 9.15. The average molecular weight is 271 g/mol. The largest absolute Gasteiger partial charge is 0.369 e. The molecule has 0 bridgehead atoms. The van der Waals surface area contributed by atoms with Gasteiger partial charge in [-0.1, -0.05) is 19.9 Å². The lowest BCUT2D eigenvalue weighted by molar-refractivity contribution is 0.264. The van der Waals surface area contributed by atoms with Crippen LogP contribution >= 0.6 is 0 Å². The predicted octanol–water partition coefficient (Wildman–Crippen LogP) is 2.39. The lowest BCUT2D eigenvalue weighted by Crippen LogP contribution is -2.29. The number of anilines is 1. The van der Waals surface area contributed by atoms with E-state index in [2.05, 4.69) is 36.7 Å². The van der Waals surface area contributed by atoms with Crippen LogP contribution in [0.4, 0.5) is 5.95 Å². The van der Waals surface area contributed by atoms with Gasteiger partial charge in [0.15, 0.2) is 0 Å². The van der Waals surface area contributed by atoms with E-state index in [0.717, 1.165) is 25.2 Å². The minimum absolute atomic E-state index is 0.217. The molecule has 0 aliphatic heterocycles. The number of hydrogen-bond donors (Lipinski definition) is 1. The van der Waals surface area contributed by atoms with E-state index in [1.807, 2.05) is 16.7 Å². The van der Waals surface area contributed by atoms with Crippen molar-refractivity contribution in [3.05, 3.63) is 23.8 Å². The van der Waals surface area contributed by atoms with E-state index in [0.29, 0.717) is 17.0 Å². The fourth-order valence-electron chi connectivity index (χ4n) is 2.63. The minimum atomic E-state index is 0.217. The molecule has 2 N–H and O–H groups in total. The summed E-state index contributed by atoms with van der Waals surface area (Å²) in [6, 6.07) is 8.01. The summed E-state index contributed by atoms with van der Waals surface area (Å²) in [6.07, 6.45) is 0. The summed E-state index contributed by atoms with van der Waals surface area (Å²) >= 11 is 0. The maximum Gasteiger partial charge on any atom is 0.201 e. The van der Waals surface area contributed by atoms with Gasteiger partial charge in [-0.25, -0.2) is 4.98 Å². The number of nitrogen functional groups attached to an aromatic ring is 1. The van der Waals surface area contributed by atoms with Crippen LogP contribution in [-0.4, -0.2) is 34.1 Å². The third kappa shape index (κ3) is 2.47. The van der Waals surface area contributed by atoms with E-state index in [1.165, 1.54) is 0 Å². The van der Waals surface area contributed by atoms with Crippen LogP contribution in [0.3, 0.4) is 0 Å². The zero-order valence-electron chi connectivity index (χ0n) is 12.3. The molecule has 0 saturated heterocycles. The van der Waals surface area contributed by atoms with Gasteiger partial charge in [0.05, 0.1) is 11.1 Å². The Morgan fingerprint density at radius 2 is 2.10 bits per heavy atom. The molecule has 1 atom stereocenters. The summed E-state index contributed by atoms with van der Waals surface area (Å²) in [6.45, 7) is 9.38. The topological polar surface area (TPSA) is 70.9 Å². The van der Waals surface area contributed by atoms with Crippen LogP contribution in [0, 0.1) is 11.3 Å². The molecule has 0 aliphatic carbocycles. The molecule has 0 spiro atoms. The van der Waals surface area contributed by atoms with Crippen molar-refractivity contribution in [2.75, 3.05) is 25.4 Å². The number of nitrogens with two attached hydrogens (primary N) is 1. The van der Waals surface area contributed by atoms with Gasteiger partial charge in [-0.15, -0.1) is 0 Å². The molecule has 5 nitrogen and oxygen atoms in total. The molecule has 1 aromatic heterocycles. The summed E-state index contributed by atoms with van der Waals surface area (Å²) in [5, 5.41) is 9.15. The molecule has 1 aromatic carbocycles. The number of aromatic nitrogens is 2. The third-order valence-electron chi connectivity index (χ3n) is 3.73. The predicted molar refractivity (Wildman–Crippen MR) is 81.4 cm³/mol. The number of para-hydroxylation sites is 1. The van der Waals surface area contributed by atoms with Gasteiger partial charge >= 0.3 is 0 Å². The lowest BCUT2D eigenvalue weighted by atomic mass is 10.2. The van der Waals surface area contributed by atoms with Gasteiger partial charge in [-0.05, 0) is 32.1 Å². The first-order valence-corrected chi connectivity index (χ1v) is 7.01. The van der Waals surface area contributed by atoms with E-state index in [9.17, 15) is 0 Å². The van der Waals surface area contributed by atoms with Crippen molar-refractivity contribution in [2.24, 2.45) is 0 Å². The van der Waals surface area contributed by atoms with E-state index in [-0.39, 0.29) is 6.04 Å². The Hall–Kier alpha value is -2.06. The van der Waals surface area contributed by atoms with Crippen molar-refractivity contribution >= 4 is 17.0 Å². The Kier molecular flexibility index (Phi) is 4.26. The van der Waals surface area contributed by atoms with Crippen LogP contribution in [-0.2, 0) is 0 Å². The Labute approximate surface area is 119 Å². The van der Waals surface area contributed by atoms with Crippen molar-refractivity contribution in [1.29, 1.82) is 5.26 Å². The Balaban J connectivity index is 2.44. The number of nitriles is 1.